The second kappa shape index (κ2) is 10.6. The van der Waals surface area contributed by atoms with Gasteiger partial charge in [-0.2, -0.15) is 0 Å². The van der Waals surface area contributed by atoms with Gasteiger partial charge < -0.3 is 14.9 Å². The number of hydrogen-bond acceptors (Lipinski definition) is 6. The SMILES string of the molecule is Cc1cnc(C(=O)N2CCCN(CCN3CCCC3=O)CC2)cn1.O=CO. The minimum Gasteiger partial charge on any atom is -0.483 e. The second-order valence-corrected chi connectivity index (χ2v) is 6.62. The summed E-state index contributed by atoms with van der Waals surface area (Å²) in [6.07, 6.45) is 5.81. The van der Waals surface area contributed by atoms with Crippen LogP contribution in [0, 0.1) is 6.92 Å². The van der Waals surface area contributed by atoms with Crippen LogP contribution >= 0.6 is 0 Å². The van der Waals surface area contributed by atoms with E-state index < -0.39 is 0 Å². The average Bonchev–Trinajstić information content (AvgIpc) is 2.92. The number of likely N-dealkylation sites (tertiary alicyclic amines) is 1. The van der Waals surface area contributed by atoms with Crippen LogP contribution in [-0.4, -0.2) is 93.9 Å². The predicted octanol–water partition coefficient (Wildman–Crippen LogP) is 0.256. The van der Waals surface area contributed by atoms with Crippen LogP contribution in [0.2, 0.25) is 0 Å². The summed E-state index contributed by atoms with van der Waals surface area (Å²) in [5.74, 6) is 0.235. The van der Waals surface area contributed by atoms with Crippen molar-refractivity contribution in [2.75, 3.05) is 45.8 Å². The van der Waals surface area contributed by atoms with Crippen molar-refractivity contribution >= 4 is 18.3 Å². The summed E-state index contributed by atoms with van der Waals surface area (Å²) < 4.78 is 0. The molecule has 1 aromatic rings. The zero-order valence-corrected chi connectivity index (χ0v) is 15.7. The van der Waals surface area contributed by atoms with Gasteiger partial charge in [0.05, 0.1) is 11.9 Å². The first-order valence-electron chi connectivity index (χ1n) is 9.21. The summed E-state index contributed by atoms with van der Waals surface area (Å²) in [7, 11) is 0. The number of aromatic nitrogens is 2. The summed E-state index contributed by atoms with van der Waals surface area (Å²) in [6, 6.07) is 0. The summed E-state index contributed by atoms with van der Waals surface area (Å²) in [5.41, 5.74) is 1.22. The molecule has 0 bridgehead atoms. The van der Waals surface area contributed by atoms with Crippen molar-refractivity contribution in [3.8, 4) is 0 Å². The smallest absolute Gasteiger partial charge is 0.290 e. The quantitative estimate of drug-likeness (QED) is 0.750. The fourth-order valence-corrected chi connectivity index (χ4v) is 3.27. The third-order valence-electron chi connectivity index (χ3n) is 4.73. The van der Waals surface area contributed by atoms with Crippen molar-refractivity contribution in [2.45, 2.75) is 26.2 Å². The van der Waals surface area contributed by atoms with Crippen molar-refractivity contribution < 1.29 is 19.5 Å². The number of rotatable bonds is 4. The molecular weight excluding hydrogens is 350 g/mol. The van der Waals surface area contributed by atoms with E-state index in [1.807, 2.05) is 16.7 Å². The molecule has 27 heavy (non-hydrogen) atoms. The molecule has 2 saturated heterocycles. The number of nitrogens with zero attached hydrogens (tertiary/aromatic N) is 5. The Kier molecular flexibility index (Phi) is 8.12. The molecule has 0 aromatic carbocycles. The normalized spacial score (nSPS) is 17.9. The van der Waals surface area contributed by atoms with E-state index in [0.717, 1.165) is 57.8 Å². The number of carbonyl (C=O) groups is 3. The summed E-state index contributed by atoms with van der Waals surface area (Å²) >= 11 is 0. The standard InChI is InChI=1S/C17H25N5O2.CH2O2/c1-14-12-19-15(13-18-14)17(24)22-7-3-5-20(9-11-22)8-10-21-6-2-4-16(21)23;2-1-3/h12-13H,2-11H2,1H3;1H,(H,2,3). The van der Waals surface area contributed by atoms with Gasteiger partial charge in [0.1, 0.15) is 5.69 Å². The minimum atomic E-state index is -0.250. The van der Waals surface area contributed by atoms with Crippen LogP contribution in [0.5, 0.6) is 0 Å². The van der Waals surface area contributed by atoms with Crippen molar-refractivity contribution in [1.82, 2.24) is 24.7 Å². The fourth-order valence-electron chi connectivity index (χ4n) is 3.27. The van der Waals surface area contributed by atoms with E-state index in [1.165, 1.54) is 0 Å². The van der Waals surface area contributed by atoms with Crippen molar-refractivity contribution in [2.24, 2.45) is 0 Å². The summed E-state index contributed by atoms with van der Waals surface area (Å²) in [4.78, 5) is 47.1. The topological polar surface area (TPSA) is 107 Å². The van der Waals surface area contributed by atoms with E-state index in [4.69, 9.17) is 9.90 Å². The van der Waals surface area contributed by atoms with Crippen LogP contribution < -0.4 is 0 Å². The van der Waals surface area contributed by atoms with E-state index in [-0.39, 0.29) is 18.3 Å². The first-order chi connectivity index (χ1) is 13.0. The fraction of sp³-hybridized carbons (Fsp3) is 0.611. The molecule has 148 valence electrons. The van der Waals surface area contributed by atoms with Gasteiger partial charge in [0, 0.05) is 51.9 Å². The van der Waals surface area contributed by atoms with E-state index >= 15 is 0 Å². The molecule has 9 nitrogen and oxygen atoms in total. The largest absolute Gasteiger partial charge is 0.483 e. The molecule has 0 aliphatic carbocycles. The molecule has 0 unspecified atom stereocenters. The molecule has 0 spiro atoms. The van der Waals surface area contributed by atoms with Crippen molar-refractivity contribution in [3.63, 3.8) is 0 Å². The molecule has 0 atom stereocenters. The highest BCUT2D eigenvalue weighted by Gasteiger charge is 2.23. The molecule has 1 aromatic heterocycles. The van der Waals surface area contributed by atoms with E-state index in [0.29, 0.717) is 18.7 Å². The highest BCUT2D eigenvalue weighted by atomic mass is 16.3. The molecule has 2 aliphatic heterocycles. The Morgan fingerprint density at radius 2 is 1.89 bits per heavy atom. The van der Waals surface area contributed by atoms with Crippen molar-refractivity contribution in [3.05, 3.63) is 23.8 Å². The maximum atomic E-state index is 12.5. The Labute approximate surface area is 159 Å². The lowest BCUT2D eigenvalue weighted by molar-refractivity contribution is -0.128. The lowest BCUT2D eigenvalue weighted by Crippen LogP contribution is -2.39. The molecule has 3 rings (SSSR count). The molecule has 0 radical (unpaired) electrons. The summed E-state index contributed by atoms with van der Waals surface area (Å²) in [5, 5.41) is 6.89. The van der Waals surface area contributed by atoms with Gasteiger partial charge in [-0.3, -0.25) is 24.3 Å². The Hall–Kier alpha value is -2.55. The Morgan fingerprint density at radius 1 is 1.11 bits per heavy atom. The van der Waals surface area contributed by atoms with E-state index in [2.05, 4.69) is 14.9 Å². The summed E-state index contributed by atoms with van der Waals surface area (Å²) in [6.45, 7) is 7.43. The number of aryl methyl sites for hydroxylation is 1. The molecule has 0 saturated carbocycles. The monoisotopic (exact) mass is 377 g/mol. The van der Waals surface area contributed by atoms with Crippen LogP contribution in [0.3, 0.4) is 0 Å². The first kappa shape index (κ1) is 20.8. The number of carbonyl (C=O) groups excluding carboxylic acids is 2. The third kappa shape index (κ3) is 6.28. The van der Waals surface area contributed by atoms with Gasteiger partial charge in [-0.1, -0.05) is 0 Å². The molecule has 2 fully saturated rings. The Bertz CT molecular complexity index is 637. The van der Waals surface area contributed by atoms with Crippen molar-refractivity contribution in [1.29, 1.82) is 0 Å². The first-order valence-corrected chi connectivity index (χ1v) is 9.21. The highest BCUT2D eigenvalue weighted by Crippen LogP contribution is 2.11. The van der Waals surface area contributed by atoms with E-state index in [1.54, 1.807) is 12.4 Å². The van der Waals surface area contributed by atoms with Crippen LogP contribution in [0.15, 0.2) is 12.4 Å². The third-order valence-corrected chi connectivity index (χ3v) is 4.73. The van der Waals surface area contributed by atoms with E-state index in [9.17, 15) is 9.59 Å². The van der Waals surface area contributed by atoms with Gasteiger partial charge in [-0.15, -0.1) is 0 Å². The molecule has 3 heterocycles. The number of hydrogen-bond donors (Lipinski definition) is 1. The van der Waals surface area contributed by atoms with Gasteiger partial charge in [-0.05, 0) is 26.3 Å². The van der Waals surface area contributed by atoms with Gasteiger partial charge in [0.25, 0.3) is 12.4 Å². The molecular formula is C18H27N5O4. The highest BCUT2D eigenvalue weighted by molar-refractivity contribution is 5.92. The zero-order valence-electron chi connectivity index (χ0n) is 15.7. The molecule has 9 heteroatoms. The van der Waals surface area contributed by atoms with Gasteiger partial charge in [0.2, 0.25) is 5.91 Å². The number of amides is 2. The van der Waals surface area contributed by atoms with Gasteiger partial charge >= 0.3 is 0 Å². The van der Waals surface area contributed by atoms with Crippen LogP contribution in [0.4, 0.5) is 0 Å². The predicted molar refractivity (Wildman–Crippen MR) is 98.2 cm³/mol. The maximum absolute atomic E-state index is 12.5. The Morgan fingerprint density at radius 3 is 2.52 bits per heavy atom. The van der Waals surface area contributed by atoms with Crippen LogP contribution in [-0.2, 0) is 9.59 Å². The van der Waals surface area contributed by atoms with Gasteiger partial charge in [-0.25, -0.2) is 4.98 Å². The molecule has 2 amide bonds. The lowest BCUT2D eigenvalue weighted by atomic mass is 10.3. The average molecular weight is 377 g/mol. The van der Waals surface area contributed by atoms with Crippen LogP contribution in [0.25, 0.3) is 0 Å². The minimum absolute atomic E-state index is 0.0425. The van der Waals surface area contributed by atoms with Crippen LogP contribution in [0.1, 0.15) is 35.4 Å². The lowest BCUT2D eigenvalue weighted by Gasteiger charge is -2.24. The number of carboxylic acid groups (broad SMARTS) is 1. The zero-order chi connectivity index (χ0) is 19.6. The maximum Gasteiger partial charge on any atom is 0.290 e. The van der Waals surface area contributed by atoms with Gasteiger partial charge in [0.15, 0.2) is 0 Å². The second-order valence-electron chi connectivity index (χ2n) is 6.62. The Balaban J connectivity index is 0.000000817. The molecule has 1 N–H and O–H groups in total. The molecule has 2 aliphatic rings.